The first kappa shape index (κ1) is 14.1. The van der Waals surface area contributed by atoms with E-state index in [2.05, 4.69) is 6.08 Å². The lowest BCUT2D eigenvalue weighted by molar-refractivity contribution is 0.274. The molecule has 0 aromatic heterocycles. The molecule has 2 fully saturated rings. The van der Waals surface area contributed by atoms with E-state index in [0.717, 1.165) is 11.5 Å². The van der Waals surface area contributed by atoms with Crippen LogP contribution in [-0.2, 0) is 8.85 Å². The van der Waals surface area contributed by atoms with Gasteiger partial charge in [0.1, 0.15) is 0 Å². The standard InChI is InChI=1S/C15H28O2Si/c1-16-18(15-10-6-3-7-11-15)17-13-12-14-8-4-2-5-9-14/h12-15,18H,2-11H2,1H3. The van der Waals surface area contributed by atoms with E-state index in [4.69, 9.17) is 8.85 Å². The van der Waals surface area contributed by atoms with Gasteiger partial charge in [-0.2, -0.15) is 0 Å². The summed E-state index contributed by atoms with van der Waals surface area (Å²) in [5.74, 6) is 0.761. The molecule has 2 saturated carbocycles. The molecule has 1 atom stereocenters. The second kappa shape index (κ2) is 8.00. The summed E-state index contributed by atoms with van der Waals surface area (Å²) in [6, 6.07) is 0. The molecule has 3 heteroatoms. The Balaban J connectivity index is 1.73. The van der Waals surface area contributed by atoms with Gasteiger partial charge in [0.2, 0.25) is 0 Å². The second-order valence-corrected chi connectivity index (χ2v) is 8.29. The molecule has 0 spiro atoms. The maximum atomic E-state index is 5.97. The van der Waals surface area contributed by atoms with Crippen LogP contribution in [0.4, 0.5) is 0 Å². The zero-order valence-electron chi connectivity index (χ0n) is 11.8. The molecule has 104 valence electrons. The van der Waals surface area contributed by atoms with E-state index in [9.17, 15) is 0 Å². The summed E-state index contributed by atoms with van der Waals surface area (Å²) < 4.78 is 11.6. The van der Waals surface area contributed by atoms with Crippen LogP contribution in [0.25, 0.3) is 0 Å². The molecule has 0 bridgehead atoms. The fourth-order valence-electron chi connectivity index (χ4n) is 3.33. The van der Waals surface area contributed by atoms with E-state index < -0.39 is 9.28 Å². The highest BCUT2D eigenvalue weighted by atomic mass is 28.3. The first-order chi connectivity index (χ1) is 8.90. The summed E-state index contributed by atoms with van der Waals surface area (Å²) in [5, 5.41) is 0. The van der Waals surface area contributed by atoms with E-state index in [0.29, 0.717) is 0 Å². The number of allylic oxidation sites excluding steroid dienone is 1. The van der Waals surface area contributed by atoms with Gasteiger partial charge in [-0.1, -0.05) is 38.5 Å². The Kier molecular flexibility index (Phi) is 6.28. The molecule has 0 radical (unpaired) electrons. The van der Waals surface area contributed by atoms with Crippen LogP contribution >= 0.6 is 0 Å². The summed E-state index contributed by atoms with van der Waals surface area (Å²) in [4.78, 5) is 0. The Morgan fingerprint density at radius 2 is 1.50 bits per heavy atom. The van der Waals surface area contributed by atoms with Crippen LogP contribution in [-0.4, -0.2) is 16.4 Å². The lowest BCUT2D eigenvalue weighted by atomic mass is 9.89. The topological polar surface area (TPSA) is 18.5 Å². The third kappa shape index (κ3) is 4.43. The van der Waals surface area contributed by atoms with Crippen molar-refractivity contribution in [3.8, 4) is 0 Å². The maximum absolute atomic E-state index is 5.97. The van der Waals surface area contributed by atoms with Crippen LogP contribution in [0.3, 0.4) is 0 Å². The van der Waals surface area contributed by atoms with Crippen molar-refractivity contribution in [3.05, 3.63) is 12.3 Å². The summed E-state index contributed by atoms with van der Waals surface area (Å²) in [5.41, 5.74) is 0.736. The molecule has 2 rings (SSSR count). The fraction of sp³-hybridized carbons (Fsp3) is 0.867. The van der Waals surface area contributed by atoms with Crippen LogP contribution in [0, 0.1) is 5.92 Å². The summed E-state index contributed by atoms with van der Waals surface area (Å²) >= 11 is 0. The molecule has 2 aliphatic carbocycles. The average molecular weight is 268 g/mol. The van der Waals surface area contributed by atoms with Gasteiger partial charge in [0.25, 0.3) is 0 Å². The van der Waals surface area contributed by atoms with E-state index in [-0.39, 0.29) is 0 Å². The van der Waals surface area contributed by atoms with Crippen LogP contribution in [0.1, 0.15) is 64.2 Å². The van der Waals surface area contributed by atoms with Gasteiger partial charge in [-0.05, 0) is 37.7 Å². The summed E-state index contributed by atoms with van der Waals surface area (Å²) in [7, 11) is 0.380. The number of hydrogen-bond donors (Lipinski definition) is 0. The minimum atomic E-state index is -1.45. The Morgan fingerprint density at radius 3 is 2.11 bits per heavy atom. The predicted molar refractivity (Wildman–Crippen MR) is 77.8 cm³/mol. The van der Waals surface area contributed by atoms with Crippen LogP contribution in [0.15, 0.2) is 12.3 Å². The van der Waals surface area contributed by atoms with Gasteiger partial charge in [-0.25, -0.2) is 0 Å². The van der Waals surface area contributed by atoms with Crippen LogP contribution < -0.4 is 0 Å². The molecule has 0 aliphatic heterocycles. The van der Waals surface area contributed by atoms with E-state index >= 15 is 0 Å². The fourth-order valence-corrected chi connectivity index (χ4v) is 5.31. The summed E-state index contributed by atoms with van der Waals surface area (Å²) in [6.45, 7) is 0. The Hall–Kier alpha value is -0.283. The van der Waals surface area contributed by atoms with E-state index in [1.54, 1.807) is 0 Å². The third-order valence-corrected chi connectivity index (χ3v) is 6.81. The molecule has 2 nitrogen and oxygen atoms in total. The van der Waals surface area contributed by atoms with Crippen molar-refractivity contribution in [1.82, 2.24) is 0 Å². The van der Waals surface area contributed by atoms with Crippen molar-refractivity contribution in [2.75, 3.05) is 7.11 Å². The molecular formula is C15H28O2Si. The highest BCUT2D eigenvalue weighted by Crippen LogP contribution is 2.32. The maximum Gasteiger partial charge on any atom is 0.384 e. The van der Waals surface area contributed by atoms with E-state index in [1.807, 2.05) is 13.4 Å². The number of hydrogen-bond acceptors (Lipinski definition) is 2. The van der Waals surface area contributed by atoms with Crippen molar-refractivity contribution in [2.45, 2.75) is 69.7 Å². The van der Waals surface area contributed by atoms with Crippen molar-refractivity contribution >= 4 is 9.28 Å². The molecule has 0 saturated heterocycles. The zero-order valence-corrected chi connectivity index (χ0v) is 12.9. The van der Waals surface area contributed by atoms with Crippen molar-refractivity contribution in [3.63, 3.8) is 0 Å². The SMILES string of the molecule is CO[SiH](OC=CC1CCCCC1)C1CCCCC1. The molecule has 18 heavy (non-hydrogen) atoms. The highest BCUT2D eigenvalue weighted by molar-refractivity contribution is 6.46. The van der Waals surface area contributed by atoms with Gasteiger partial charge in [0.05, 0.1) is 6.26 Å². The lowest BCUT2D eigenvalue weighted by Crippen LogP contribution is -2.27. The molecule has 0 aromatic rings. The molecule has 1 unspecified atom stereocenters. The van der Waals surface area contributed by atoms with Gasteiger partial charge in [-0.3, -0.25) is 0 Å². The summed E-state index contributed by atoms with van der Waals surface area (Å²) in [6.07, 6.45) is 18.0. The number of rotatable bonds is 5. The van der Waals surface area contributed by atoms with Gasteiger partial charge < -0.3 is 8.85 Å². The second-order valence-electron chi connectivity index (χ2n) is 5.86. The van der Waals surface area contributed by atoms with Crippen LogP contribution in [0.2, 0.25) is 5.54 Å². The quantitative estimate of drug-likeness (QED) is 0.547. The minimum Gasteiger partial charge on any atom is -0.529 e. The largest absolute Gasteiger partial charge is 0.529 e. The molecule has 0 amide bonds. The van der Waals surface area contributed by atoms with Gasteiger partial charge in [-0.15, -0.1) is 0 Å². The monoisotopic (exact) mass is 268 g/mol. The third-order valence-electron chi connectivity index (χ3n) is 4.48. The molecule has 0 N–H and O–H groups in total. The van der Waals surface area contributed by atoms with Gasteiger partial charge >= 0.3 is 9.28 Å². The first-order valence-corrected chi connectivity index (χ1v) is 9.36. The van der Waals surface area contributed by atoms with Gasteiger partial charge in [0, 0.05) is 12.7 Å². The van der Waals surface area contributed by atoms with Crippen LogP contribution in [0.5, 0.6) is 0 Å². The highest BCUT2D eigenvalue weighted by Gasteiger charge is 2.27. The van der Waals surface area contributed by atoms with E-state index in [1.165, 1.54) is 64.2 Å². The zero-order chi connectivity index (χ0) is 12.6. The molecule has 2 aliphatic rings. The molecule has 0 aromatic carbocycles. The Bertz CT molecular complexity index is 243. The Labute approximate surface area is 114 Å². The first-order valence-electron chi connectivity index (χ1n) is 7.75. The van der Waals surface area contributed by atoms with Gasteiger partial charge in [0.15, 0.2) is 0 Å². The van der Waals surface area contributed by atoms with Crippen molar-refractivity contribution in [1.29, 1.82) is 0 Å². The predicted octanol–water partition coefficient (Wildman–Crippen LogP) is 4.30. The normalized spacial score (nSPS) is 25.4. The average Bonchev–Trinajstić information content (AvgIpc) is 2.46. The minimum absolute atomic E-state index is 0.736. The smallest absolute Gasteiger partial charge is 0.384 e. The van der Waals surface area contributed by atoms with Crippen molar-refractivity contribution < 1.29 is 8.85 Å². The van der Waals surface area contributed by atoms with Crippen molar-refractivity contribution in [2.24, 2.45) is 5.92 Å². The Morgan fingerprint density at radius 1 is 0.889 bits per heavy atom. The molecule has 0 heterocycles. The molecular weight excluding hydrogens is 240 g/mol. The lowest BCUT2D eigenvalue weighted by Gasteiger charge is -2.26.